The molecule has 1 aromatic heterocycles. The minimum absolute atomic E-state index is 0.157. The molecule has 1 amide bonds. The van der Waals surface area contributed by atoms with Crippen LogP contribution in [0.4, 0.5) is 0 Å². The van der Waals surface area contributed by atoms with E-state index in [0.717, 1.165) is 5.56 Å². The summed E-state index contributed by atoms with van der Waals surface area (Å²) in [5.41, 5.74) is 1.44. The van der Waals surface area contributed by atoms with Crippen molar-refractivity contribution in [1.29, 1.82) is 0 Å². The number of hydrogen-bond acceptors (Lipinski definition) is 6. The van der Waals surface area contributed by atoms with Gasteiger partial charge in [-0.1, -0.05) is 17.7 Å². The van der Waals surface area contributed by atoms with Crippen LogP contribution in [0.15, 0.2) is 18.2 Å². The van der Waals surface area contributed by atoms with E-state index >= 15 is 0 Å². The highest BCUT2D eigenvalue weighted by Crippen LogP contribution is 2.32. The first-order chi connectivity index (χ1) is 12.4. The van der Waals surface area contributed by atoms with E-state index in [1.807, 2.05) is 6.07 Å². The molecule has 138 valence electrons. The van der Waals surface area contributed by atoms with Gasteiger partial charge in [0, 0.05) is 13.6 Å². The number of nitrogens with zero attached hydrogens (tertiary/aromatic N) is 2. The number of carbonyl (C=O) groups is 2. The predicted molar refractivity (Wildman–Crippen MR) is 92.2 cm³/mol. The lowest BCUT2D eigenvalue weighted by atomic mass is 10.2. The Bertz CT molecular complexity index is 864. The largest absolute Gasteiger partial charge is 0.454 e. The molecule has 0 saturated heterocycles. The Morgan fingerprint density at radius 2 is 2.12 bits per heavy atom. The Morgan fingerprint density at radius 1 is 1.38 bits per heavy atom. The molecular formula is C17H18ClN3O5. The molecule has 1 aliphatic rings. The molecule has 1 aliphatic heterocycles. The lowest BCUT2D eigenvalue weighted by Gasteiger charge is -2.13. The summed E-state index contributed by atoms with van der Waals surface area (Å²) in [5.74, 6) is 0.198. The van der Waals surface area contributed by atoms with Crippen molar-refractivity contribution in [2.45, 2.75) is 26.5 Å². The summed E-state index contributed by atoms with van der Waals surface area (Å²) in [6.07, 6.45) is -0.979. The summed E-state index contributed by atoms with van der Waals surface area (Å²) in [5, 5.41) is 6.93. The molecule has 1 atom stereocenters. The molecule has 9 heteroatoms. The van der Waals surface area contributed by atoms with Gasteiger partial charge in [-0.25, -0.2) is 4.79 Å². The van der Waals surface area contributed by atoms with Crippen LogP contribution in [0.5, 0.6) is 11.5 Å². The van der Waals surface area contributed by atoms with Crippen LogP contribution in [0, 0.1) is 6.92 Å². The quantitative estimate of drug-likeness (QED) is 0.798. The zero-order valence-electron chi connectivity index (χ0n) is 14.5. The van der Waals surface area contributed by atoms with E-state index < -0.39 is 18.0 Å². The number of aryl methyl sites for hydroxylation is 2. The number of rotatable bonds is 5. The molecule has 0 spiro atoms. The van der Waals surface area contributed by atoms with Crippen LogP contribution in [0.1, 0.15) is 28.5 Å². The van der Waals surface area contributed by atoms with E-state index in [0.29, 0.717) is 17.2 Å². The SMILES string of the molecule is Cc1nn(C)c(Cl)c1C(=O)OC(C)C(=O)NCc1ccc2c(c1)OCO2. The topological polar surface area (TPSA) is 91.7 Å². The zero-order valence-corrected chi connectivity index (χ0v) is 15.3. The molecule has 0 bridgehead atoms. The molecule has 8 nitrogen and oxygen atoms in total. The third kappa shape index (κ3) is 3.60. The third-order valence-corrected chi connectivity index (χ3v) is 4.35. The van der Waals surface area contributed by atoms with Gasteiger partial charge in [0.25, 0.3) is 5.91 Å². The molecule has 26 heavy (non-hydrogen) atoms. The van der Waals surface area contributed by atoms with Gasteiger partial charge in [0.05, 0.1) is 5.69 Å². The smallest absolute Gasteiger partial charge is 0.343 e. The van der Waals surface area contributed by atoms with Crippen LogP contribution in [-0.2, 0) is 23.1 Å². The van der Waals surface area contributed by atoms with E-state index in [4.69, 9.17) is 25.8 Å². The van der Waals surface area contributed by atoms with Gasteiger partial charge in [0.15, 0.2) is 17.6 Å². The summed E-state index contributed by atoms with van der Waals surface area (Å²) < 4.78 is 17.1. The molecule has 3 rings (SSSR count). The van der Waals surface area contributed by atoms with Crippen LogP contribution in [0.2, 0.25) is 5.15 Å². The van der Waals surface area contributed by atoms with Crippen LogP contribution >= 0.6 is 11.6 Å². The fourth-order valence-corrected chi connectivity index (χ4v) is 2.77. The highest BCUT2D eigenvalue weighted by Gasteiger charge is 2.25. The number of esters is 1. The molecule has 0 saturated carbocycles. The van der Waals surface area contributed by atoms with Gasteiger partial charge >= 0.3 is 5.97 Å². The van der Waals surface area contributed by atoms with Crippen molar-refractivity contribution in [2.75, 3.05) is 6.79 Å². The van der Waals surface area contributed by atoms with Gasteiger partial charge in [-0.05, 0) is 31.5 Å². The highest BCUT2D eigenvalue weighted by molar-refractivity contribution is 6.32. The van der Waals surface area contributed by atoms with Crippen molar-refractivity contribution < 1.29 is 23.8 Å². The van der Waals surface area contributed by atoms with Gasteiger partial charge in [-0.2, -0.15) is 5.10 Å². The number of hydrogen-bond donors (Lipinski definition) is 1. The molecule has 1 N–H and O–H groups in total. The first-order valence-corrected chi connectivity index (χ1v) is 8.31. The van der Waals surface area contributed by atoms with Gasteiger partial charge < -0.3 is 19.5 Å². The Labute approximate surface area is 155 Å². The second-order valence-electron chi connectivity index (χ2n) is 5.83. The van der Waals surface area contributed by atoms with Crippen LogP contribution < -0.4 is 14.8 Å². The Kier molecular flexibility index (Phi) is 5.03. The van der Waals surface area contributed by atoms with Crippen LogP contribution in [-0.4, -0.2) is 34.6 Å². The molecular weight excluding hydrogens is 362 g/mol. The fraction of sp³-hybridized carbons (Fsp3) is 0.353. The van der Waals surface area contributed by atoms with E-state index in [2.05, 4.69) is 10.4 Å². The molecule has 2 heterocycles. The summed E-state index contributed by atoms with van der Waals surface area (Å²) >= 11 is 6.04. The van der Waals surface area contributed by atoms with Crippen LogP contribution in [0.3, 0.4) is 0 Å². The van der Waals surface area contributed by atoms with Crippen LogP contribution in [0.25, 0.3) is 0 Å². The monoisotopic (exact) mass is 379 g/mol. The predicted octanol–water partition coefficient (Wildman–Crippen LogP) is 1.97. The van der Waals surface area contributed by atoms with E-state index in [9.17, 15) is 9.59 Å². The first-order valence-electron chi connectivity index (χ1n) is 7.93. The lowest BCUT2D eigenvalue weighted by molar-refractivity contribution is -0.129. The molecule has 2 aromatic rings. The first kappa shape index (κ1) is 18.1. The normalized spacial score (nSPS) is 13.4. The molecule has 0 fully saturated rings. The summed E-state index contributed by atoms with van der Waals surface area (Å²) in [6.45, 7) is 3.60. The molecule has 0 radical (unpaired) electrons. The lowest BCUT2D eigenvalue weighted by Crippen LogP contribution is -2.35. The number of ether oxygens (including phenoxy) is 3. The average molecular weight is 380 g/mol. The third-order valence-electron chi connectivity index (χ3n) is 3.91. The van der Waals surface area contributed by atoms with Gasteiger partial charge in [0.2, 0.25) is 6.79 Å². The number of halogens is 1. The van der Waals surface area contributed by atoms with Crippen molar-refractivity contribution in [3.8, 4) is 11.5 Å². The number of nitrogens with one attached hydrogen (secondary N) is 1. The fourth-order valence-electron chi connectivity index (χ4n) is 2.52. The summed E-state index contributed by atoms with van der Waals surface area (Å²) in [4.78, 5) is 24.4. The minimum atomic E-state index is -0.979. The number of carbonyl (C=O) groups excluding carboxylic acids is 2. The zero-order chi connectivity index (χ0) is 18.8. The number of fused-ring (bicyclic) bond motifs is 1. The standard InChI is InChI=1S/C17H18ClN3O5/c1-9-14(15(18)21(3)20-9)17(23)26-10(2)16(22)19-7-11-4-5-12-13(6-11)25-8-24-12/h4-6,10H,7-8H2,1-3H3,(H,19,22). The van der Waals surface area contributed by atoms with Crippen molar-refractivity contribution in [1.82, 2.24) is 15.1 Å². The highest BCUT2D eigenvalue weighted by atomic mass is 35.5. The van der Waals surface area contributed by atoms with Gasteiger partial charge in [-0.15, -0.1) is 0 Å². The second kappa shape index (κ2) is 7.25. The van der Waals surface area contributed by atoms with Gasteiger partial charge in [-0.3, -0.25) is 9.48 Å². The van der Waals surface area contributed by atoms with Crippen molar-refractivity contribution in [2.24, 2.45) is 7.05 Å². The summed E-state index contributed by atoms with van der Waals surface area (Å²) in [7, 11) is 1.62. The number of benzene rings is 1. The van der Waals surface area contributed by atoms with Crippen molar-refractivity contribution in [3.05, 3.63) is 40.2 Å². The Hall–Kier alpha value is -2.74. The molecule has 0 aliphatic carbocycles. The molecule has 1 unspecified atom stereocenters. The average Bonchev–Trinajstić information content (AvgIpc) is 3.16. The van der Waals surface area contributed by atoms with E-state index in [1.165, 1.54) is 11.6 Å². The van der Waals surface area contributed by atoms with Gasteiger partial charge in [0.1, 0.15) is 10.7 Å². The Morgan fingerprint density at radius 3 is 2.81 bits per heavy atom. The minimum Gasteiger partial charge on any atom is -0.454 e. The van der Waals surface area contributed by atoms with E-state index in [-0.39, 0.29) is 24.1 Å². The molecule has 1 aromatic carbocycles. The van der Waals surface area contributed by atoms with E-state index in [1.54, 1.807) is 26.1 Å². The number of aromatic nitrogens is 2. The Balaban J connectivity index is 1.57. The maximum absolute atomic E-state index is 12.2. The summed E-state index contributed by atoms with van der Waals surface area (Å²) in [6, 6.07) is 5.39. The second-order valence-corrected chi connectivity index (χ2v) is 6.19. The number of amides is 1. The van der Waals surface area contributed by atoms with Crippen molar-refractivity contribution >= 4 is 23.5 Å². The van der Waals surface area contributed by atoms with Crippen molar-refractivity contribution in [3.63, 3.8) is 0 Å². The maximum Gasteiger partial charge on any atom is 0.343 e. The maximum atomic E-state index is 12.2.